The van der Waals surface area contributed by atoms with Gasteiger partial charge in [-0.3, -0.25) is 14.9 Å². The summed E-state index contributed by atoms with van der Waals surface area (Å²) in [6, 6.07) is 17.6. The van der Waals surface area contributed by atoms with Crippen molar-refractivity contribution in [2.75, 3.05) is 4.90 Å². The largest absolute Gasteiger partial charge is 0.506 e. The fourth-order valence-electron chi connectivity index (χ4n) is 3.18. The van der Waals surface area contributed by atoms with Crippen LogP contribution in [-0.4, -0.2) is 23.0 Å². The van der Waals surface area contributed by atoms with Crippen LogP contribution in [0.15, 0.2) is 72.3 Å². The van der Waals surface area contributed by atoms with Crippen molar-refractivity contribution < 1.29 is 24.2 Å². The monoisotopic (exact) mass is 482 g/mol. The molecule has 33 heavy (non-hydrogen) atoms. The first kappa shape index (κ1) is 22.4. The molecule has 1 aliphatic rings. The molecule has 2 N–H and O–H groups in total. The van der Waals surface area contributed by atoms with Gasteiger partial charge in [0.25, 0.3) is 11.8 Å². The Labute approximate surface area is 198 Å². The number of imide groups is 2. The number of carbonyl (C=O) groups is 3. The van der Waals surface area contributed by atoms with Crippen LogP contribution in [0.1, 0.15) is 11.1 Å². The minimum Gasteiger partial charge on any atom is -0.506 e. The van der Waals surface area contributed by atoms with E-state index in [4.69, 9.17) is 27.9 Å². The molecule has 1 aliphatic heterocycles. The predicted molar refractivity (Wildman–Crippen MR) is 124 cm³/mol. The Morgan fingerprint density at radius 1 is 0.970 bits per heavy atom. The second kappa shape index (κ2) is 9.36. The van der Waals surface area contributed by atoms with Gasteiger partial charge in [-0.2, -0.15) is 0 Å². The summed E-state index contributed by atoms with van der Waals surface area (Å²) in [5.74, 6) is -1.58. The molecule has 0 radical (unpaired) electrons. The standard InChI is InChI=1S/C24H16Cl2N2O5/c25-16-10-15(21(29)20(26)12-16)11-19-22(30)27-24(32)28(23(19)31)17-6-8-18(9-7-17)33-13-14-4-2-1-3-5-14/h1-12,29H,13H2,(H,27,30,32)/b19-11+. The molecular weight excluding hydrogens is 467 g/mol. The van der Waals surface area contributed by atoms with Gasteiger partial charge in [0.2, 0.25) is 0 Å². The maximum absolute atomic E-state index is 13.0. The van der Waals surface area contributed by atoms with E-state index in [0.29, 0.717) is 12.4 Å². The van der Waals surface area contributed by atoms with Crippen LogP contribution in [0.3, 0.4) is 0 Å². The number of nitrogens with zero attached hydrogens (tertiary/aromatic N) is 1. The van der Waals surface area contributed by atoms with Gasteiger partial charge in [0.15, 0.2) is 0 Å². The minimum atomic E-state index is -0.903. The Morgan fingerprint density at radius 3 is 2.36 bits per heavy atom. The number of ether oxygens (including phenoxy) is 1. The zero-order valence-corrected chi connectivity index (χ0v) is 18.4. The van der Waals surface area contributed by atoms with Crippen LogP contribution in [0.5, 0.6) is 11.5 Å². The topological polar surface area (TPSA) is 95.9 Å². The van der Waals surface area contributed by atoms with Gasteiger partial charge < -0.3 is 9.84 Å². The molecule has 0 unspecified atom stereocenters. The number of halogens is 2. The second-order valence-electron chi connectivity index (χ2n) is 7.05. The Balaban J connectivity index is 1.58. The summed E-state index contributed by atoms with van der Waals surface area (Å²) in [5, 5.41) is 12.4. The molecular formula is C24H16Cl2N2O5. The molecule has 3 aromatic carbocycles. The van der Waals surface area contributed by atoms with E-state index in [1.54, 1.807) is 12.1 Å². The highest BCUT2D eigenvalue weighted by molar-refractivity contribution is 6.39. The van der Waals surface area contributed by atoms with Gasteiger partial charge in [-0.1, -0.05) is 53.5 Å². The third kappa shape index (κ3) is 4.84. The van der Waals surface area contributed by atoms with E-state index in [9.17, 15) is 19.5 Å². The summed E-state index contributed by atoms with van der Waals surface area (Å²) in [6.07, 6.45) is 1.13. The third-order valence-electron chi connectivity index (χ3n) is 4.80. The molecule has 4 rings (SSSR count). The number of hydrogen-bond acceptors (Lipinski definition) is 5. The number of nitrogens with one attached hydrogen (secondary N) is 1. The molecule has 0 atom stereocenters. The summed E-state index contributed by atoms with van der Waals surface area (Å²) in [4.78, 5) is 38.6. The van der Waals surface area contributed by atoms with E-state index >= 15 is 0 Å². The number of phenols is 1. The minimum absolute atomic E-state index is 0.0444. The Bertz CT molecular complexity index is 1270. The van der Waals surface area contributed by atoms with Gasteiger partial charge >= 0.3 is 6.03 Å². The number of barbiturate groups is 1. The smallest absolute Gasteiger partial charge is 0.335 e. The Morgan fingerprint density at radius 2 is 1.67 bits per heavy atom. The van der Waals surface area contributed by atoms with Crippen molar-refractivity contribution in [3.05, 3.63) is 93.5 Å². The fourth-order valence-corrected chi connectivity index (χ4v) is 3.68. The number of benzene rings is 3. The summed E-state index contributed by atoms with van der Waals surface area (Å²) >= 11 is 11.9. The lowest BCUT2D eigenvalue weighted by molar-refractivity contribution is -0.122. The molecule has 0 aromatic heterocycles. The summed E-state index contributed by atoms with van der Waals surface area (Å²) in [5.41, 5.74) is 0.915. The molecule has 0 aliphatic carbocycles. The molecule has 0 spiro atoms. The first-order valence-corrected chi connectivity index (χ1v) is 10.5. The zero-order valence-electron chi connectivity index (χ0n) is 16.9. The maximum atomic E-state index is 13.0. The van der Waals surface area contributed by atoms with E-state index in [-0.39, 0.29) is 32.6 Å². The Hall–Kier alpha value is -3.81. The maximum Gasteiger partial charge on any atom is 0.335 e. The lowest BCUT2D eigenvalue weighted by Crippen LogP contribution is -2.54. The fraction of sp³-hybridized carbons (Fsp3) is 0.0417. The number of urea groups is 1. The van der Waals surface area contributed by atoms with Gasteiger partial charge in [0, 0.05) is 10.6 Å². The highest BCUT2D eigenvalue weighted by Gasteiger charge is 2.37. The highest BCUT2D eigenvalue weighted by Crippen LogP contribution is 2.33. The molecule has 3 aromatic rings. The number of anilines is 1. The van der Waals surface area contributed by atoms with Crippen molar-refractivity contribution in [1.29, 1.82) is 0 Å². The number of aromatic hydroxyl groups is 1. The van der Waals surface area contributed by atoms with Gasteiger partial charge in [-0.15, -0.1) is 0 Å². The van der Waals surface area contributed by atoms with Crippen LogP contribution in [0.2, 0.25) is 10.0 Å². The summed E-state index contributed by atoms with van der Waals surface area (Å²) in [7, 11) is 0. The molecule has 4 amide bonds. The molecule has 7 nitrogen and oxygen atoms in total. The van der Waals surface area contributed by atoms with E-state index in [1.165, 1.54) is 24.3 Å². The average Bonchev–Trinajstić information content (AvgIpc) is 2.79. The zero-order chi connectivity index (χ0) is 23.5. The normalized spacial score (nSPS) is 15.0. The third-order valence-corrected chi connectivity index (χ3v) is 5.31. The molecule has 166 valence electrons. The van der Waals surface area contributed by atoms with Gasteiger partial charge in [0.05, 0.1) is 10.7 Å². The second-order valence-corrected chi connectivity index (χ2v) is 7.90. The number of rotatable bonds is 5. The quantitative estimate of drug-likeness (QED) is 0.396. The van der Waals surface area contributed by atoms with Crippen molar-refractivity contribution in [3.63, 3.8) is 0 Å². The van der Waals surface area contributed by atoms with E-state index in [0.717, 1.165) is 16.5 Å². The average molecular weight is 483 g/mol. The first-order chi connectivity index (χ1) is 15.8. The molecule has 0 bridgehead atoms. The summed E-state index contributed by atoms with van der Waals surface area (Å²) in [6.45, 7) is 0.358. The van der Waals surface area contributed by atoms with Crippen molar-refractivity contribution >= 4 is 52.8 Å². The van der Waals surface area contributed by atoms with Gasteiger partial charge in [0.1, 0.15) is 23.7 Å². The summed E-state index contributed by atoms with van der Waals surface area (Å²) < 4.78 is 5.72. The Kier molecular flexibility index (Phi) is 6.35. The van der Waals surface area contributed by atoms with Crippen LogP contribution in [0.4, 0.5) is 10.5 Å². The first-order valence-electron chi connectivity index (χ1n) is 9.70. The van der Waals surface area contributed by atoms with Crippen molar-refractivity contribution in [2.45, 2.75) is 6.61 Å². The van der Waals surface area contributed by atoms with E-state index in [1.807, 2.05) is 30.3 Å². The highest BCUT2D eigenvalue weighted by atomic mass is 35.5. The van der Waals surface area contributed by atoms with Crippen LogP contribution in [0, 0.1) is 0 Å². The van der Waals surface area contributed by atoms with E-state index < -0.39 is 17.8 Å². The van der Waals surface area contributed by atoms with Crippen molar-refractivity contribution in [3.8, 4) is 11.5 Å². The van der Waals surface area contributed by atoms with Crippen LogP contribution < -0.4 is 15.0 Å². The number of phenolic OH excluding ortho intramolecular Hbond substituents is 1. The number of amides is 4. The lowest BCUT2D eigenvalue weighted by atomic mass is 10.1. The molecule has 1 heterocycles. The molecule has 0 saturated carbocycles. The van der Waals surface area contributed by atoms with Crippen LogP contribution >= 0.6 is 23.2 Å². The van der Waals surface area contributed by atoms with Gasteiger partial charge in [-0.05, 0) is 48.0 Å². The number of carbonyl (C=O) groups excluding carboxylic acids is 3. The van der Waals surface area contributed by atoms with Crippen molar-refractivity contribution in [1.82, 2.24) is 5.32 Å². The van der Waals surface area contributed by atoms with Gasteiger partial charge in [-0.25, -0.2) is 9.69 Å². The van der Waals surface area contributed by atoms with E-state index in [2.05, 4.69) is 5.32 Å². The lowest BCUT2D eigenvalue weighted by Gasteiger charge is -2.26. The molecule has 9 heteroatoms. The molecule has 1 saturated heterocycles. The van der Waals surface area contributed by atoms with Crippen LogP contribution in [-0.2, 0) is 16.2 Å². The van der Waals surface area contributed by atoms with Crippen LogP contribution in [0.25, 0.3) is 6.08 Å². The number of hydrogen-bond donors (Lipinski definition) is 2. The predicted octanol–water partition coefficient (Wildman–Crippen LogP) is 4.94. The molecule has 1 fully saturated rings. The SMILES string of the molecule is O=C1NC(=O)N(c2ccc(OCc3ccccc3)cc2)C(=O)/C1=C/c1cc(Cl)cc(Cl)c1O. The van der Waals surface area contributed by atoms with Crippen molar-refractivity contribution in [2.24, 2.45) is 0 Å².